The van der Waals surface area contributed by atoms with Gasteiger partial charge in [-0.2, -0.15) is 0 Å². The first-order chi connectivity index (χ1) is 9.19. The van der Waals surface area contributed by atoms with Crippen molar-refractivity contribution in [2.24, 2.45) is 5.73 Å². The number of rotatable bonds is 5. The van der Waals surface area contributed by atoms with Crippen molar-refractivity contribution in [2.45, 2.75) is 35.9 Å². The van der Waals surface area contributed by atoms with Crippen LogP contribution >= 0.6 is 27.7 Å². The first-order valence-corrected chi connectivity index (χ1v) is 7.79. The molecule has 1 aromatic heterocycles. The Morgan fingerprint density at radius 2 is 2.05 bits per heavy atom. The van der Waals surface area contributed by atoms with E-state index in [1.54, 1.807) is 24.2 Å². The van der Waals surface area contributed by atoms with E-state index in [1.807, 2.05) is 12.1 Å². The van der Waals surface area contributed by atoms with Crippen molar-refractivity contribution >= 4 is 27.7 Å². The maximum atomic E-state index is 6.05. The molecule has 0 saturated carbocycles. The quantitative estimate of drug-likeness (QED) is 0.845. The molecule has 0 radical (unpaired) electrons. The smallest absolute Gasteiger partial charge is 0.192 e. The van der Waals surface area contributed by atoms with Crippen molar-refractivity contribution < 1.29 is 0 Å². The first kappa shape index (κ1) is 14.5. The fourth-order valence-corrected chi connectivity index (χ4v) is 3.06. The number of nitrogens with two attached hydrogens (primary N) is 1. The summed E-state index contributed by atoms with van der Waals surface area (Å²) in [6, 6.07) is 8.27. The highest BCUT2D eigenvalue weighted by Gasteiger charge is 2.10. The molecule has 0 aliphatic rings. The number of nitrogens with zero attached hydrogens (tertiary/aromatic N) is 2. The van der Waals surface area contributed by atoms with E-state index in [4.69, 9.17) is 5.73 Å². The third-order valence-electron chi connectivity index (χ3n) is 2.78. The molecule has 2 rings (SSSR count). The van der Waals surface area contributed by atoms with Gasteiger partial charge in [0.2, 0.25) is 0 Å². The largest absolute Gasteiger partial charge is 0.327 e. The Kier molecular flexibility index (Phi) is 5.36. The SMILES string of the molecule is CCC(N)Cc1ccc(Br)cc1Sc1ncccn1. The zero-order chi connectivity index (χ0) is 13.7. The van der Waals surface area contributed by atoms with Crippen LogP contribution in [0.4, 0.5) is 0 Å². The lowest BCUT2D eigenvalue weighted by atomic mass is 10.1. The summed E-state index contributed by atoms with van der Waals surface area (Å²) >= 11 is 5.08. The Labute approximate surface area is 126 Å². The minimum Gasteiger partial charge on any atom is -0.327 e. The maximum absolute atomic E-state index is 6.05. The molecule has 2 N–H and O–H groups in total. The average molecular weight is 338 g/mol. The van der Waals surface area contributed by atoms with Crippen LogP contribution in [0.5, 0.6) is 0 Å². The van der Waals surface area contributed by atoms with Gasteiger partial charge in [0, 0.05) is 27.8 Å². The molecular formula is C14H16BrN3S. The van der Waals surface area contributed by atoms with Gasteiger partial charge in [0.25, 0.3) is 0 Å². The maximum Gasteiger partial charge on any atom is 0.192 e. The molecule has 1 aromatic carbocycles. The second-order valence-corrected chi connectivity index (χ2v) is 6.18. The Morgan fingerprint density at radius 1 is 1.32 bits per heavy atom. The normalized spacial score (nSPS) is 12.4. The molecule has 1 heterocycles. The highest BCUT2D eigenvalue weighted by Crippen LogP contribution is 2.31. The van der Waals surface area contributed by atoms with Gasteiger partial charge < -0.3 is 5.73 Å². The van der Waals surface area contributed by atoms with Gasteiger partial charge in [0.15, 0.2) is 5.16 Å². The molecular weight excluding hydrogens is 322 g/mol. The van der Waals surface area contributed by atoms with Crippen LogP contribution in [0.25, 0.3) is 0 Å². The van der Waals surface area contributed by atoms with Gasteiger partial charge in [-0.05, 0) is 48.4 Å². The predicted molar refractivity (Wildman–Crippen MR) is 82.3 cm³/mol. The molecule has 0 amide bonds. The zero-order valence-electron chi connectivity index (χ0n) is 10.7. The van der Waals surface area contributed by atoms with Crippen LogP contribution in [0.1, 0.15) is 18.9 Å². The Hall–Kier alpha value is -0.910. The van der Waals surface area contributed by atoms with Crippen LogP contribution in [0, 0.1) is 0 Å². The van der Waals surface area contributed by atoms with E-state index in [2.05, 4.69) is 45.0 Å². The summed E-state index contributed by atoms with van der Waals surface area (Å²) in [5.41, 5.74) is 7.30. The molecule has 0 saturated heterocycles. The molecule has 5 heteroatoms. The second-order valence-electron chi connectivity index (χ2n) is 4.26. The predicted octanol–water partition coefficient (Wildman–Crippen LogP) is 3.67. The molecule has 1 atom stereocenters. The van der Waals surface area contributed by atoms with E-state index in [0.717, 1.165) is 27.4 Å². The summed E-state index contributed by atoms with van der Waals surface area (Å²) in [7, 11) is 0. The zero-order valence-corrected chi connectivity index (χ0v) is 13.1. The molecule has 0 fully saturated rings. The number of hydrogen-bond donors (Lipinski definition) is 1. The molecule has 0 spiro atoms. The molecule has 3 nitrogen and oxygen atoms in total. The van der Waals surface area contributed by atoms with Crippen LogP contribution in [-0.4, -0.2) is 16.0 Å². The van der Waals surface area contributed by atoms with E-state index in [1.165, 1.54) is 5.56 Å². The minimum atomic E-state index is 0.192. The molecule has 0 bridgehead atoms. The van der Waals surface area contributed by atoms with Crippen molar-refractivity contribution in [3.05, 3.63) is 46.7 Å². The summed E-state index contributed by atoms with van der Waals surface area (Å²) in [5.74, 6) is 0. The van der Waals surface area contributed by atoms with Gasteiger partial charge in [0.1, 0.15) is 0 Å². The Balaban J connectivity index is 2.24. The lowest BCUT2D eigenvalue weighted by molar-refractivity contribution is 0.641. The number of benzene rings is 1. The molecule has 100 valence electrons. The number of halogens is 1. The summed E-state index contributed by atoms with van der Waals surface area (Å²) in [4.78, 5) is 9.66. The second kappa shape index (κ2) is 7.03. The lowest BCUT2D eigenvalue weighted by Crippen LogP contribution is -2.21. The summed E-state index contributed by atoms with van der Waals surface area (Å²) in [6.07, 6.45) is 5.36. The molecule has 19 heavy (non-hydrogen) atoms. The Bertz CT molecular complexity index is 533. The van der Waals surface area contributed by atoms with Crippen molar-refractivity contribution in [2.75, 3.05) is 0 Å². The fraction of sp³-hybridized carbons (Fsp3) is 0.286. The van der Waals surface area contributed by atoms with Gasteiger partial charge in [-0.3, -0.25) is 0 Å². The van der Waals surface area contributed by atoms with Crippen molar-refractivity contribution in [1.29, 1.82) is 0 Å². The summed E-state index contributed by atoms with van der Waals surface area (Å²) in [6.45, 7) is 2.11. The molecule has 2 aromatic rings. The minimum absolute atomic E-state index is 0.192. The first-order valence-electron chi connectivity index (χ1n) is 6.18. The van der Waals surface area contributed by atoms with Gasteiger partial charge >= 0.3 is 0 Å². The highest BCUT2D eigenvalue weighted by atomic mass is 79.9. The van der Waals surface area contributed by atoms with E-state index in [0.29, 0.717) is 0 Å². The third kappa shape index (κ3) is 4.30. The van der Waals surface area contributed by atoms with Crippen LogP contribution in [0.3, 0.4) is 0 Å². The standard InChI is InChI=1S/C14H16BrN3S/c1-2-12(16)8-10-4-5-11(15)9-13(10)19-14-17-6-3-7-18-14/h3-7,9,12H,2,8,16H2,1H3. The van der Waals surface area contributed by atoms with Crippen LogP contribution in [0.2, 0.25) is 0 Å². The van der Waals surface area contributed by atoms with Gasteiger partial charge in [-0.15, -0.1) is 0 Å². The monoisotopic (exact) mass is 337 g/mol. The topological polar surface area (TPSA) is 51.8 Å². The summed E-state index contributed by atoms with van der Waals surface area (Å²) < 4.78 is 1.06. The molecule has 1 unspecified atom stereocenters. The van der Waals surface area contributed by atoms with E-state index in [-0.39, 0.29) is 6.04 Å². The highest BCUT2D eigenvalue weighted by molar-refractivity contribution is 9.10. The van der Waals surface area contributed by atoms with Crippen LogP contribution in [0.15, 0.2) is 51.2 Å². The van der Waals surface area contributed by atoms with E-state index >= 15 is 0 Å². The molecule has 0 aliphatic carbocycles. The molecule has 0 aliphatic heterocycles. The van der Waals surface area contributed by atoms with Gasteiger partial charge in [-0.1, -0.05) is 28.9 Å². The average Bonchev–Trinajstić information content (AvgIpc) is 2.43. The van der Waals surface area contributed by atoms with Crippen LogP contribution in [-0.2, 0) is 6.42 Å². The fourth-order valence-electron chi connectivity index (χ4n) is 1.66. The van der Waals surface area contributed by atoms with Gasteiger partial charge in [0.05, 0.1) is 0 Å². The van der Waals surface area contributed by atoms with Crippen molar-refractivity contribution in [3.63, 3.8) is 0 Å². The number of hydrogen-bond acceptors (Lipinski definition) is 4. The van der Waals surface area contributed by atoms with Crippen molar-refractivity contribution in [1.82, 2.24) is 9.97 Å². The number of aromatic nitrogens is 2. The Morgan fingerprint density at radius 3 is 2.74 bits per heavy atom. The third-order valence-corrected chi connectivity index (χ3v) is 4.27. The van der Waals surface area contributed by atoms with Gasteiger partial charge in [-0.25, -0.2) is 9.97 Å². The van der Waals surface area contributed by atoms with Crippen molar-refractivity contribution in [3.8, 4) is 0 Å². The van der Waals surface area contributed by atoms with E-state index in [9.17, 15) is 0 Å². The lowest BCUT2D eigenvalue weighted by Gasteiger charge is -2.13. The summed E-state index contributed by atoms with van der Waals surface area (Å²) in [5, 5.41) is 0.756. The van der Waals surface area contributed by atoms with E-state index < -0.39 is 0 Å². The van der Waals surface area contributed by atoms with Crippen LogP contribution < -0.4 is 5.73 Å².